The summed E-state index contributed by atoms with van der Waals surface area (Å²) in [6.45, 7) is 2.99. The lowest BCUT2D eigenvalue weighted by Gasteiger charge is -2.11. The number of aromatic nitrogens is 7. The second kappa shape index (κ2) is 7.21. The molecule has 4 aromatic heterocycles. The smallest absolute Gasteiger partial charge is 0.267 e. The van der Waals surface area contributed by atoms with Crippen LogP contribution in [0.2, 0.25) is 0 Å². The molecule has 8 nitrogen and oxygen atoms in total. The average molecular weight is 450 g/mol. The van der Waals surface area contributed by atoms with Gasteiger partial charge in [0.15, 0.2) is 5.82 Å². The molecule has 1 saturated carbocycles. The van der Waals surface area contributed by atoms with E-state index in [2.05, 4.69) is 25.7 Å². The van der Waals surface area contributed by atoms with Gasteiger partial charge in [-0.05, 0) is 62.4 Å². The molecular formula is C26H23N7O. The number of fused-ring (bicyclic) bond motifs is 2. The fraction of sp³-hybridized carbons (Fsp3) is 0.269. The second-order valence-corrected chi connectivity index (χ2v) is 9.27. The third kappa shape index (κ3) is 3.02. The third-order valence-electron chi connectivity index (χ3n) is 6.92. The van der Waals surface area contributed by atoms with Crippen LogP contribution in [0, 0.1) is 6.92 Å². The molecular weight excluding hydrogens is 426 g/mol. The van der Waals surface area contributed by atoms with Crippen molar-refractivity contribution in [2.75, 3.05) is 0 Å². The molecule has 7 rings (SSSR count). The molecule has 1 fully saturated rings. The maximum absolute atomic E-state index is 13.6. The SMILES string of the molecule is Cc1cc2ncn(-c3cccc(-c4ncc5n4CCC5)n3)c(=O)c2cc1-n1cnc(C2CC2)c1. The van der Waals surface area contributed by atoms with Crippen LogP contribution in [0.25, 0.3) is 33.9 Å². The molecule has 0 spiro atoms. The Balaban J connectivity index is 1.33. The van der Waals surface area contributed by atoms with Gasteiger partial charge in [0.1, 0.15) is 17.8 Å². The van der Waals surface area contributed by atoms with Crippen LogP contribution in [-0.2, 0) is 13.0 Å². The number of pyridine rings is 1. The molecule has 34 heavy (non-hydrogen) atoms. The Morgan fingerprint density at radius 1 is 1.06 bits per heavy atom. The molecule has 1 aromatic carbocycles. The Morgan fingerprint density at radius 2 is 1.97 bits per heavy atom. The summed E-state index contributed by atoms with van der Waals surface area (Å²) >= 11 is 0. The predicted octanol–water partition coefficient (Wildman–Crippen LogP) is 3.96. The van der Waals surface area contributed by atoms with Gasteiger partial charge < -0.3 is 9.13 Å². The van der Waals surface area contributed by atoms with Gasteiger partial charge in [0.25, 0.3) is 5.56 Å². The molecule has 1 aliphatic carbocycles. The van der Waals surface area contributed by atoms with E-state index in [0.717, 1.165) is 47.8 Å². The highest BCUT2D eigenvalue weighted by molar-refractivity contribution is 5.81. The van der Waals surface area contributed by atoms with Gasteiger partial charge >= 0.3 is 0 Å². The summed E-state index contributed by atoms with van der Waals surface area (Å²) in [7, 11) is 0. The van der Waals surface area contributed by atoms with E-state index < -0.39 is 0 Å². The first-order chi connectivity index (χ1) is 16.7. The normalized spacial score (nSPS) is 15.2. The van der Waals surface area contributed by atoms with Crippen LogP contribution in [0.1, 0.15) is 42.1 Å². The quantitative estimate of drug-likeness (QED) is 0.415. The van der Waals surface area contributed by atoms with Crippen molar-refractivity contribution in [2.45, 2.75) is 45.1 Å². The summed E-state index contributed by atoms with van der Waals surface area (Å²) in [5.41, 5.74) is 5.63. The van der Waals surface area contributed by atoms with Crippen molar-refractivity contribution >= 4 is 10.9 Å². The zero-order valence-corrected chi connectivity index (χ0v) is 18.8. The van der Waals surface area contributed by atoms with Crippen molar-refractivity contribution in [1.29, 1.82) is 0 Å². The Kier molecular flexibility index (Phi) is 4.12. The maximum Gasteiger partial charge on any atom is 0.267 e. The number of aryl methyl sites for hydroxylation is 2. The zero-order chi connectivity index (χ0) is 22.8. The molecule has 5 heterocycles. The number of nitrogens with zero attached hydrogens (tertiary/aromatic N) is 7. The minimum absolute atomic E-state index is 0.147. The monoisotopic (exact) mass is 449 g/mol. The van der Waals surface area contributed by atoms with E-state index in [1.54, 1.807) is 6.33 Å². The predicted molar refractivity (Wildman–Crippen MR) is 129 cm³/mol. The second-order valence-electron chi connectivity index (χ2n) is 9.27. The van der Waals surface area contributed by atoms with Gasteiger partial charge in [-0.1, -0.05) is 6.07 Å². The third-order valence-corrected chi connectivity index (χ3v) is 6.92. The van der Waals surface area contributed by atoms with Gasteiger partial charge in [0.05, 0.1) is 28.6 Å². The fourth-order valence-corrected chi connectivity index (χ4v) is 4.93. The molecule has 0 radical (unpaired) electrons. The van der Waals surface area contributed by atoms with Crippen molar-refractivity contribution in [2.24, 2.45) is 0 Å². The van der Waals surface area contributed by atoms with Crippen LogP contribution in [0.5, 0.6) is 0 Å². The lowest BCUT2D eigenvalue weighted by molar-refractivity contribution is 0.746. The number of rotatable bonds is 4. The largest absolute Gasteiger partial charge is 0.327 e. The van der Waals surface area contributed by atoms with Gasteiger partial charge in [-0.3, -0.25) is 9.36 Å². The molecule has 0 amide bonds. The molecule has 0 unspecified atom stereocenters. The van der Waals surface area contributed by atoms with E-state index in [0.29, 0.717) is 22.6 Å². The summed E-state index contributed by atoms with van der Waals surface area (Å²) in [5, 5.41) is 0.554. The van der Waals surface area contributed by atoms with Crippen LogP contribution in [0.3, 0.4) is 0 Å². The van der Waals surface area contributed by atoms with Crippen molar-refractivity contribution in [3.8, 4) is 23.0 Å². The molecule has 8 heteroatoms. The number of imidazole rings is 2. The number of hydrogen-bond donors (Lipinski definition) is 0. The van der Waals surface area contributed by atoms with Crippen molar-refractivity contribution in [3.63, 3.8) is 0 Å². The molecule has 1 aliphatic heterocycles. The van der Waals surface area contributed by atoms with Crippen LogP contribution >= 0.6 is 0 Å². The van der Waals surface area contributed by atoms with E-state index in [1.807, 2.05) is 54.3 Å². The van der Waals surface area contributed by atoms with E-state index in [9.17, 15) is 4.79 Å². The molecule has 168 valence electrons. The van der Waals surface area contributed by atoms with Gasteiger partial charge in [-0.15, -0.1) is 0 Å². The van der Waals surface area contributed by atoms with E-state index in [1.165, 1.54) is 23.1 Å². The van der Waals surface area contributed by atoms with Crippen molar-refractivity contribution < 1.29 is 0 Å². The zero-order valence-electron chi connectivity index (χ0n) is 18.8. The maximum atomic E-state index is 13.6. The minimum Gasteiger partial charge on any atom is -0.327 e. The standard InChI is InChI=1S/C26H23N7O/c1-16-10-21-19(11-23(16)31-13-22(28-14-31)17-7-8-17)26(34)33(15-29-21)24-6-2-5-20(30-24)25-27-12-18-4-3-9-32(18)25/h2,5-6,10-15,17H,3-4,7-9H2,1H3. The highest BCUT2D eigenvalue weighted by Crippen LogP contribution is 2.39. The number of benzene rings is 1. The summed E-state index contributed by atoms with van der Waals surface area (Å²) in [4.78, 5) is 32.1. The molecule has 0 atom stereocenters. The Labute approximate surface area is 195 Å². The highest BCUT2D eigenvalue weighted by atomic mass is 16.1. The van der Waals surface area contributed by atoms with Crippen molar-refractivity contribution in [1.82, 2.24) is 33.6 Å². The van der Waals surface area contributed by atoms with E-state index in [4.69, 9.17) is 4.98 Å². The van der Waals surface area contributed by atoms with Gasteiger partial charge in [0.2, 0.25) is 0 Å². The molecule has 2 aliphatic rings. The summed E-state index contributed by atoms with van der Waals surface area (Å²) in [6.07, 6.45) is 12.0. The molecule has 5 aromatic rings. The molecule has 0 N–H and O–H groups in total. The van der Waals surface area contributed by atoms with Gasteiger partial charge in [-0.2, -0.15) is 0 Å². The lowest BCUT2D eigenvalue weighted by Crippen LogP contribution is -2.20. The Hall–Kier alpha value is -4.07. The highest BCUT2D eigenvalue weighted by Gasteiger charge is 2.26. The van der Waals surface area contributed by atoms with Gasteiger partial charge in [-0.25, -0.2) is 19.9 Å². The first kappa shape index (κ1) is 19.4. The summed E-state index contributed by atoms with van der Waals surface area (Å²) in [5.74, 6) is 1.96. The van der Waals surface area contributed by atoms with E-state index >= 15 is 0 Å². The molecule has 0 bridgehead atoms. The van der Waals surface area contributed by atoms with E-state index in [-0.39, 0.29) is 5.56 Å². The Bertz CT molecular complexity index is 1640. The fourth-order valence-electron chi connectivity index (χ4n) is 4.93. The first-order valence-electron chi connectivity index (χ1n) is 11.7. The topological polar surface area (TPSA) is 83.4 Å². The molecule has 0 saturated heterocycles. The number of hydrogen-bond acceptors (Lipinski definition) is 5. The first-order valence-corrected chi connectivity index (χ1v) is 11.7. The Morgan fingerprint density at radius 3 is 2.85 bits per heavy atom. The average Bonchev–Trinajstić information content (AvgIpc) is 3.22. The van der Waals surface area contributed by atoms with Crippen LogP contribution < -0.4 is 5.56 Å². The minimum atomic E-state index is -0.147. The van der Waals surface area contributed by atoms with Gasteiger partial charge in [0, 0.05) is 30.6 Å². The summed E-state index contributed by atoms with van der Waals surface area (Å²) < 4.78 is 5.74. The van der Waals surface area contributed by atoms with Crippen LogP contribution in [-0.4, -0.2) is 33.6 Å². The van der Waals surface area contributed by atoms with Crippen LogP contribution in [0.4, 0.5) is 0 Å². The summed E-state index contributed by atoms with van der Waals surface area (Å²) in [6, 6.07) is 9.56. The van der Waals surface area contributed by atoms with Crippen LogP contribution in [0.15, 0.2) is 60.2 Å². The van der Waals surface area contributed by atoms with Crippen molar-refractivity contribution in [3.05, 3.63) is 82.7 Å². The lowest BCUT2D eigenvalue weighted by atomic mass is 10.1.